The normalized spacial score (nSPS) is 23.2. The number of aromatic nitrogens is 1. The van der Waals surface area contributed by atoms with Crippen LogP contribution >= 0.6 is 11.3 Å². The van der Waals surface area contributed by atoms with E-state index in [9.17, 15) is 9.18 Å². The standard InChI is InChI=1S/C17H18FN3O2S/c1-21-14(20-17(16(21)22)6-8-23-9-7-17)13-10-19-15(24-13)11-4-2-3-5-12(11)18/h2-5,10,14,20H,6-9H2,1H3. The van der Waals surface area contributed by atoms with Crippen LogP contribution in [0, 0.1) is 5.82 Å². The van der Waals surface area contributed by atoms with E-state index in [2.05, 4.69) is 10.3 Å². The minimum atomic E-state index is -0.542. The Morgan fingerprint density at radius 2 is 2.12 bits per heavy atom. The molecule has 24 heavy (non-hydrogen) atoms. The van der Waals surface area contributed by atoms with Gasteiger partial charge in [-0.25, -0.2) is 9.37 Å². The Morgan fingerprint density at radius 1 is 1.38 bits per heavy atom. The molecule has 2 aliphatic heterocycles. The van der Waals surface area contributed by atoms with Crippen molar-refractivity contribution in [2.75, 3.05) is 20.3 Å². The van der Waals surface area contributed by atoms with Crippen LogP contribution in [0.2, 0.25) is 0 Å². The molecule has 1 aromatic carbocycles. The number of nitrogens with one attached hydrogen (secondary N) is 1. The number of ether oxygens (including phenoxy) is 1. The first-order valence-electron chi connectivity index (χ1n) is 7.94. The Balaban J connectivity index is 1.63. The number of amides is 1. The van der Waals surface area contributed by atoms with E-state index in [4.69, 9.17) is 4.74 Å². The fourth-order valence-electron chi connectivity index (χ4n) is 3.39. The van der Waals surface area contributed by atoms with Gasteiger partial charge < -0.3 is 9.64 Å². The molecular weight excluding hydrogens is 329 g/mol. The molecule has 0 saturated carbocycles. The Labute approximate surface area is 143 Å². The summed E-state index contributed by atoms with van der Waals surface area (Å²) in [6, 6.07) is 6.60. The van der Waals surface area contributed by atoms with Crippen molar-refractivity contribution in [3.05, 3.63) is 41.2 Å². The quantitative estimate of drug-likeness (QED) is 0.907. The Bertz CT molecular complexity index is 773. The summed E-state index contributed by atoms with van der Waals surface area (Å²) >= 11 is 1.41. The highest BCUT2D eigenvalue weighted by molar-refractivity contribution is 7.15. The highest BCUT2D eigenvalue weighted by Crippen LogP contribution is 2.39. The lowest BCUT2D eigenvalue weighted by Gasteiger charge is -2.31. The van der Waals surface area contributed by atoms with Gasteiger partial charge in [0.2, 0.25) is 5.91 Å². The van der Waals surface area contributed by atoms with E-state index < -0.39 is 5.54 Å². The molecule has 1 unspecified atom stereocenters. The molecule has 0 aliphatic carbocycles. The first-order chi connectivity index (χ1) is 11.6. The lowest BCUT2D eigenvalue weighted by Crippen LogP contribution is -2.50. The molecule has 1 spiro atoms. The molecule has 2 aliphatic rings. The number of halogens is 1. The van der Waals surface area contributed by atoms with E-state index in [-0.39, 0.29) is 17.9 Å². The van der Waals surface area contributed by atoms with Crippen LogP contribution in [-0.2, 0) is 9.53 Å². The largest absolute Gasteiger partial charge is 0.381 e. The Kier molecular flexibility index (Phi) is 3.86. The molecule has 1 aromatic heterocycles. The summed E-state index contributed by atoms with van der Waals surface area (Å²) in [5.41, 5.74) is -0.0543. The third-order valence-corrected chi connectivity index (χ3v) is 5.86. The molecule has 0 bridgehead atoms. The van der Waals surface area contributed by atoms with Gasteiger partial charge in [0.15, 0.2) is 0 Å². The van der Waals surface area contributed by atoms with Crippen molar-refractivity contribution in [1.82, 2.24) is 15.2 Å². The topological polar surface area (TPSA) is 54.5 Å². The number of carbonyl (C=O) groups is 1. The second-order valence-electron chi connectivity index (χ2n) is 6.21. The predicted molar refractivity (Wildman–Crippen MR) is 88.9 cm³/mol. The van der Waals surface area contributed by atoms with Crippen molar-refractivity contribution >= 4 is 17.2 Å². The van der Waals surface area contributed by atoms with Gasteiger partial charge in [-0.3, -0.25) is 10.1 Å². The van der Waals surface area contributed by atoms with Crippen LogP contribution in [-0.4, -0.2) is 41.6 Å². The highest BCUT2D eigenvalue weighted by Gasteiger charge is 2.51. The summed E-state index contributed by atoms with van der Waals surface area (Å²) in [5, 5.41) is 4.10. The number of benzene rings is 1. The lowest BCUT2D eigenvalue weighted by molar-refractivity contribution is -0.134. The van der Waals surface area contributed by atoms with Gasteiger partial charge in [-0.1, -0.05) is 12.1 Å². The Morgan fingerprint density at radius 3 is 2.88 bits per heavy atom. The maximum absolute atomic E-state index is 14.0. The first-order valence-corrected chi connectivity index (χ1v) is 8.76. The van der Waals surface area contributed by atoms with E-state index in [1.165, 1.54) is 17.4 Å². The fourth-order valence-corrected chi connectivity index (χ4v) is 4.43. The molecule has 1 amide bonds. The van der Waals surface area contributed by atoms with Crippen molar-refractivity contribution in [3.63, 3.8) is 0 Å². The van der Waals surface area contributed by atoms with Crippen molar-refractivity contribution in [3.8, 4) is 10.6 Å². The molecular formula is C17H18FN3O2S. The average molecular weight is 347 g/mol. The van der Waals surface area contributed by atoms with Gasteiger partial charge in [0.25, 0.3) is 0 Å². The van der Waals surface area contributed by atoms with Gasteiger partial charge in [-0.2, -0.15) is 0 Å². The molecule has 126 valence electrons. The average Bonchev–Trinajstić information content (AvgIpc) is 3.16. The number of rotatable bonds is 2. The SMILES string of the molecule is CN1C(=O)C2(CCOCC2)NC1c1cnc(-c2ccccc2F)s1. The molecule has 5 nitrogen and oxygen atoms in total. The van der Waals surface area contributed by atoms with E-state index in [0.717, 1.165) is 4.88 Å². The van der Waals surface area contributed by atoms with Crippen molar-refractivity contribution < 1.29 is 13.9 Å². The highest BCUT2D eigenvalue weighted by atomic mass is 32.1. The number of nitrogens with zero attached hydrogens (tertiary/aromatic N) is 2. The maximum atomic E-state index is 14.0. The zero-order chi connectivity index (χ0) is 16.7. The third kappa shape index (κ3) is 2.44. The summed E-state index contributed by atoms with van der Waals surface area (Å²) < 4.78 is 19.4. The molecule has 7 heteroatoms. The first kappa shape index (κ1) is 15.7. The van der Waals surface area contributed by atoms with Crippen LogP contribution in [0.25, 0.3) is 10.6 Å². The summed E-state index contributed by atoms with van der Waals surface area (Å²) in [6.07, 6.45) is 2.84. The molecule has 2 saturated heterocycles. The Hall–Kier alpha value is -1.83. The fraction of sp³-hybridized carbons (Fsp3) is 0.412. The second-order valence-corrected chi connectivity index (χ2v) is 7.27. The minimum Gasteiger partial charge on any atom is -0.381 e. The number of likely N-dealkylation sites (N-methyl/N-ethyl adjacent to an activating group) is 1. The zero-order valence-corrected chi connectivity index (χ0v) is 14.1. The van der Waals surface area contributed by atoms with Crippen molar-refractivity contribution in [1.29, 1.82) is 0 Å². The summed E-state index contributed by atoms with van der Waals surface area (Å²) in [7, 11) is 1.80. The zero-order valence-electron chi connectivity index (χ0n) is 13.3. The van der Waals surface area contributed by atoms with E-state index >= 15 is 0 Å². The third-order valence-electron chi connectivity index (χ3n) is 4.77. The van der Waals surface area contributed by atoms with Crippen LogP contribution in [0.5, 0.6) is 0 Å². The van der Waals surface area contributed by atoms with Crippen LogP contribution in [0.1, 0.15) is 23.9 Å². The second kappa shape index (κ2) is 5.91. The van der Waals surface area contributed by atoms with Crippen LogP contribution in [0.3, 0.4) is 0 Å². The molecule has 2 fully saturated rings. The maximum Gasteiger partial charge on any atom is 0.244 e. The number of hydrogen-bond donors (Lipinski definition) is 1. The van der Waals surface area contributed by atoms with Gasteiger partial charge in [0.05, 0.1) is 4.88 Å². The summed E-state index contributed by atoms with van der Waals surface area (Å²) in [6.45, 7) is 1.17. The van der Waals surface area contributed by atoms with Crippen molar-refractivity contribution in [2.45, 2.75) is 24.5 Å². The van der Waals surface area contributed by atoms with E-state index in [1.807, 2.05) is 0 Å². The smallest absolute Gasteiger partial charge is 0.244 e. The molecule has 1 atom stereocenters. The van der Waals surface area contributed by atoms with Gasteiger partial charge in [-0.05, 0) is 25.0 Å². The van der Waals surface area contributed by atoms with Crippen molar-refractivity contribution in [2.24, 2.45) is 0 Å². The molecule has 0 radical (unpaired) electrons. The monoisotopic (exact) mass is 347 g/mol. The predicted octanol–water partition coefficient (Wildman–Crippen LogP) is 2.56. The van der Waals surface area contributed by atoms with Crippen LogP contribution < -0.4 is 5.32 Å². The summed E-state index contributed by atoms with van der Waals surface area (Å²) in [5.74, 6) is -0.195. The van der Waals surface area contributed by atoms with Crippen LogP contribution in [0.15, 0.2) is 30.5 Å². The molecule has 3 heterocycles. The lowest BCUT2D eigenvalue weighted by atomic mass is 9.90. The molecule has 2 aromatic rings. The van der Waals surface area contributed by atoms with Gasteiger partial charge >= 0.3 is 0 Å². The summed E-state index contributed by atoms with van der Waals surface area (Å²) in [4.78, 5) is 19.7. The van der Waals surface area contributed by atoms with Gasteiger partial charge in [-0.15, -0.1) is 11.3 Å². The minimum absolute atomic E-state index is 0.0941. The number of thiazole rings is 1. The molecule has 4 rings (SSSR count). The van der Waals surface area contributed by atoms with Gasteiger partial charge in [0.1, 0.15) is 22.5 Å². The number of hydrogen-bond acceptors (Lipinski definition) is 5. The van der Waals surface area contributed by atoms with Gasteiger partial charge in [0, 0.05) is 32.0 Å². The van der Waals surface area contributed by atoms with E-state index in [1.54, 1.807) is 36.3 Å². The molecule has 1 N–H and O–H groups in total. The van der Waals surface area contributed by atoms with E-state index in [0.29, 0.717) is 36.6 Å². The number of carbonyl (C=O) groups excluding carboxylic acids is 1. The van der Waals surface area contributed by atoms with Crippen LogP contribution in [0.4, 0.5) is 4.39 Å².